The van der Waals surface area contributed by atoms with E-state index in [-0.39, 0.29) is 0 Å². The van der Waals surface area contributed by atoms with Crippen LogP contribution in [0.25, 0.3) is 0 Å². The van der Waals surface area contributed by atoms with Crippen molar-refractivity contribution in [3.05, 3.63) is 28.2 Å². The molecule has 2 nitrogen and oxygen atoms in total. The first-order valence-corrected chi connectivity index (χ1v) is 7.93. The normalized spacial score (nSPS) is 12.7. The maximum Gasteiger partial charge on any atom is 0.119 e. The standard InChI is InChI=1S/C16H26BrNO/c1-5-18-16(12(2)3)8-6-7-13-11-14(19-4)9-10-15(13)17/h9-12,16,18H,5-8H2,1-4H3. The van der Waals surface area contributed by atoms with Crippen LogP contribution in [0.3, 0.4) is 0 Å². The second-order valence-electron chi connectivity index (χ2n) is 5.26. The highest BCUT2D eigenvalue weighted by molar-refractivity contribution is 9.10. The molecule has 0 bridgehead atoms. The first-order valence-electron chi connectivity index (χ1n) is 7.14. The molecule has 0 aliphatic heterocycles. The van der Waals surface area contributed by atoms with E-state index < -0.39 is 0 Å². The van der Waals surface area contributed by atoms with E-state index in [0.29, 0.717) is 12.0 Å². The van der Waals surface area contributed by atoms with Crippen molar-refractivity contribution in [1.82, 2.24) is 5.32 Å². The Labute approximate surface area is 126 Å². The SMILES string of the molecule is CCNC(CCCc1cc(OC)ccc1Br)C(C)C. The second kappa shape index (κ2) is 8.60. The van der Waals surface area contributed by atoms with Crippen molar-refractivity contribution in [2.45, 2.75) is 46.1 Å². The van der Waals surface area contributed by atoms with Crippen molar-refractivity contribution in [2.24, 2.45) is 5.92 Å². The molecule has 0 fully saturated rings. The average molecular weight is 328 g/mol. The molecule has 1 aromatic rings. The zero-order chi connectivity index (χ0) is 14.3. The maximum atomic E-state index is 5.28. The monoisotopic (exact) mass is 327 g/mol. The molecule has 0 saturated carbocycles. The number of ether oxygens (including phenoxy) is 1. The number of methoxy groups -OCH3 is 1. The van der Waals surface area contributed by atoms with Gasteiger partial charge in [-0.3, -0.25) is 0 Å². The van der Waals surface area contributed by atoms with Crippen LogP contribution < -0.4 is 10.1 Å². The van der Waals surface area contributed by atoms with Gasteiger partial charge in [-0.05, 0) is 55.5 Å². The second-order valence-corrected chi connectivity index (χ2v) is 6.11. The van der Waals surface area contributed by atoms with Crippen LogP contribution in [0.5, 0.6) is 5.75 Å². The van der Waals surface area contributed by atoms with E-state index in [1.807, 2.05) is 6.07 Å². The highest BCUT2D eigenvalue weighted by Crippen LogP contribution is 2.24. The highest BCUT2D eigenvalue weighted by Gasteiger charge is 2.11. The van der Waals surface area contributed by atoms with Crippen LogP contribution in [0.2, 0.25) is 0 Å². The number of hydrogen-bond acceptors (Lipinski definition) is 2. The van der Waals surface area contributed by atoms with Gasteiger partial charge in [-0.1, -0.05) is 36.7 Å². The van der Waals surface area contributed by atoms with Gasteiger partial charge in [0.25, 0.3) is 0 Å². The van der Waals surface area contributed by atoms with E-state index in [2.05, 4.69) is 54.2 Å². The first-order chi connectivity index (χ1) is 9.08. The van der Waals surface area contributed by atoms with Crippen molar-refractivity contribution in [2.75, 3.05) is 13.7 Å². The van der Waals surface area contributed by atoms with Crippen LogP contribution in [-0.4, -0.2) is 19.7 Å². The van der Waals surface area contributed by atoms with Crippen LogP contribution in [0.15, 0.2) is 22.7 Å². The van der Waals surface area contributed by atoms with Gasteiger partial charge in [0.05, 0.1) is 7.11 Å². The van der Waals surface area contributed by atoms with Gasteiger partial charge < -0.3 is 10.1 Å². The molecule has 0 aliphatic rings. The summed E-state index contributed by atoms with van der Waals surface area (Å²) in [5.41, 5.74) is 1.33. The molecule has 0 saturated heterocycles. The van der Waals surface area contributed by atoms with Crippen molar-refractivity contribution >= 4 is 15.9 Å². The lowest BCUT2D eigenvalue weighted by Gasteiger charge is -2.21. The Kier molecular flexibility index (Phi) is 7.47. The summed E-state index contributed by atoms with van der Waals surface area (Å²) in [7, 11) is 1.72. The molecule has 1 unspecified atom stereocenters. The molecular weight excluding hydrogens is 302 g/mol. The Balaban J connectivity index is 2.52. The van der Waals surface area contributed by atoms with Crippen molar-refractivity contribution in [1.29, 1.82) is 0 Å². The molecule has 3 heteroatoms. The summed E-state index contributed by atoms with van der Waals surface area (Å²) in [6.07, 6.45) is 3.50. The predicted octanol–water partition coefficient (Wildman–Crippen LogP) is 4.41. The van der Waals surface area contributed by atoms with Crippen LogP contribution in [-0.2, 0) is 6.42 Å². The number of hydrogen-bond donors (Lipinski definition) is 1. The third-order valence-electron chi connectivity index (χ3n) is 3.49. The van der Waals surface area contributed by atoms with E-state index >= 15 is 0 Å². The summed E-state index contributed by atoms with van der Waals surface area (Å²) in [5, 5.41) is 3.57. The van der Waals surface area contributed by atoms with Crippen LogP contribution in [0.1, 0.15) is 39.2 Å². The topological polar surface area (TPSA) is 21.3 Å². The van der Waals surface area contributed by atoms with Crippen LogP contribution >= 0.6 is 15.9 Å². The van der Waals surface area contributed by atoms with Gasteiger partial charge in [-0.25, -0.2) is 0 Å². The van der Waals surface area contributed by atoms with Crippen LogP contribution in [0, 0.1) is 5.92 Å². The molecule has 19 heavy (non-hydrogen) atoms. The number of aryl methyl sites for hydroxylation is 1. The zero-order valence-electron chi connectivity index (χ0n) is 12.5. The zero-order valence-corrected chi connectivity index (χ0v) is 14.1. The molecule has 0 heterocycles. The Morgan fingerprint density at radius 1 is 1.32 bits per heavy atom. The molecule has 0 amide bonds. The summed E-state index contributed by atoms with van der Waals surface area (Å²) in [6, 6.07) is 6.80. The molecule has 1 rings (SSSR count). The molecule has 1 N–H and O–H groups in total. The van der Waals surface area contributed by atoms with Crippen molar-refractivity contribution < 1.29 is 4.74 Å². The average Bonchev–Trinajstić information content (AvgIpc) is 2.39. The highest BCUT2D eigenvalue weighted by atomic mass is 79.9. The van der Waals surface area contributed by atoms with Crippen molar-refractivity contribution in [3.8, 4) is 5.75 Å². The minimum absolute atomic E-state index is 0.620. The fourth-order valence-corrected chi connectivity index (χ4v) is 2.76. The summed E-state index contributed by atoms with van der Waals surface area (Å²) >= 11 is 3.62. The Morgan fingerprint density at radius 3 is 2.63 bits per heavy atom. The number of rotatable bonds is 8. The van der Waals surface area contributed by atoms with Gasteiger partial charge in [0, 0.05) is 10.5 Å². The number of benzene rings is 1. The fourth-order valence-electron chi connectivity index (χ4n) is 2.32. The summed E-state index contributed by atoms with van der Waals surface area (Å²) in [4.78, 5) is 0. The van der Waals surface area contributed by atoms with Gasteiger partial charge >= 0.3 is 0 Å². The third kappa shape index (κ3) is 5.53. The lowest BCUT2D eigenvalue weighted by molar-refractivity contribution is 0.376. The molecule has 0 aliphatic carbocycles. The van der Waals surface area contributed by atoms with Crippen LogP contribution in [0.4, 0.5) is 0 Å². The van der Waals surface area contributed by atoms with E-state index in [1.54, 1.807) is 7.11 Å². The van der Waals surface area contributed by atoms with Gasteiger partial charge in [-0.15, -0.1) is 0 Å². The van der Waals surface area contributed by atoms with Gasteiger partial charge in [0.1, 0.15) is 5.75 Å². The molecule has 0 radical (unpaired) electrons. The number of halogens is 1. The van der Waals surface area contributed by atoms with E-state index in [0.717, 1.165) is 18.7 Å². The summed E-state index contributed by atoms with van der Waals surface area (Å²) in [5.74, 6) is 1.62. The minimum atomic E-state index is 0.620. The maximum absolute atomic E-state index is 5.28. The van der Waals surface area contributed by atoms with E-state index in [4.69, 9.17) is 4.74 Å². The fraction of sp³-hybridized carbons (Fsp3) is 0.625. The molecule has 1 atom stereocenters. The molecule has 1 aromatic carbocycles. The quantitative estimate of drug-likeness (QED) is 0.763. The van der Waals surface area contributed by atoms with E-state index in [1.165, 1.54) is 22.9 Å². The molecular formula is C16H26BrNO. The smallest absolute Gasteiger partial charge is 0.119 e. The summed E-state index contributed by atoms with van der Waals surface area (Å²) < 4.78 is 6.46. The molecule has 0 aromatic heterocycles. The van der Waals surface area contributed by atoms with Gasteiger partial charge in [-0.2, -0.15) is 0 Å². The lowest BCUT2D eigenvalue weighted by Crippen LogP contribution is -2.33. The van der Waals surface area contributed by atoms with Gasteiger partial charge in [0.2, 0.25) is 0 Å². The Morgan fingerprint density at radius 2 is 2.05 bits per heavy atom. The van der Waals surface area contributed by atoms with Crippen molar-refractivity contribution in [3.63, 3.8) is 0 Å². The Bertz CT molecular complexity index is 379. The number of nitrogens with one attached hydrogen (secondary N) is 1. The molecule has 108 valence electrons. The van der Waals surface area contributed by atoms with E-state index in [9.17, 15) is 0 Å². The van der Waals surface area contributed by atoms with Gasteiger partial charge in [0.15, 0.2) is 0 Å². The molecule has 0 spiro atoms. The Hall–Kier alpha value is -0.540. The lowest BCUT2D eigenvalue weighted by atomic mass is 9.96. The minimum Gasteiger partial charge on any atom is -0.497 e. The first kappa shape index (κ1) is 16.5. The predicted molar refractivity (Wildman–Crippen MR) is 85.9 cm³/mol. The summed E-state index contributed by atoms with van der Waals surface area (Å²) in [6.45, 7) is 7.79. The largest absolute Gasteiger partial charge is 0.497 e. The third-order valence-corrected chi connectivity index (χ3v) is 4.26.